The van der Waals surface area contributed by atoms with Crippen molar-refractivity contribution in [1.29, 1.82) is 0 Å². The van der Waals surface area contributed by atoms with E-state index in [1.807, 2.05) is 18.2 Å². The molecule has 0 bridgehead atoms. The second-order valence-electron chi connectivity index (χ2n) is 9.88. The highest BCUT2D eigenvalue weighted by atomic mass is 19.4. The maximum absolute atomic E-state index is 13.5. The molecule has 3 heterocycles. The third kappa shape index (κ3) is 7.90. The number of carboxylic acids is 3. The number of halogens is 3. The van der Waals surface area contributed by atoms with Crippen LogP contribution in [-0.4, -0.2) is 84.2 Å². The van der Waals surface area contributed by atoms with Crippen molar-refractivity contribution in [3.63, 3.8) is 0 Å². The molecule has 1 fully saturated rings. The average Bonchev–Trinajstić information content (AvgIpc) is 3.53. The number of aliphatic carboxylic acids is 3. The first-order valence-electron chi connectivity index (χ1n) is 12.9. The van der Waals surface area contributed by atoms with Crippen molar-refractivity contribution >= 4 is 23.6 Å². The molecule has 1 saturated heterocycles. The minimum Gasteiger partial charge on any atom is -0.493 e. The first-order chi connectivity index (χ1) is 20.1. The van der Waals surface area contributed by atoms with E-state index in [1.54, 1.807) is 27.2 Å². The minimum absolute atomic E-state index is 0.0935. The van der Waals surface area contributed by atoms with Gasteiger partial charge in [0.1, 0.15) is 5.69 Å². The fraction of sp³-hybridized carbons (Fsp3) is 0.444. The number of methoxy groups -OCH3 is 2. The zero-order valence-corrected chi connectivity index (χ0v) is 23.5. The number of fused-ring (bicyclic) bond motifs is 1. The predicted octanol–water partition coefficient (Wildman–Crippen LogP) is 3.16. The fourth-order valence-corrected chi connectivity index (χ4v) is 4.84. The Bertz CT molecular complexity index is 1480. The number of aliphatic hydroxyl groups is 1. The van der Waals surface area contributed by atoms with Crippen molar-refractivity contribution in [2.75, 3.05) is 20.8 Å². The number of para-hydroxylation sites is 1. The lowest BCUT2D eigenvalue weighted by atomic mass is 9.96. The Morgan fingerprint density at radius 2 is 1.70 bits per heavy atom. The Kier molecular flexibility index (Phi) is 10.2. The fourth-order valence-electron chi connectivity index (χ4n) is 4.84. The molecule has 0 spiro atoms. The van der Waals surface area contributed by atoms with Gasteiger partial charge in [-0.2, -0.15) is 18.3 Å². The SMILES string of the molecule is COc1cccc(CN2CCCC2c2cc3nc(C)cc(C(F)(F)F)n3n2)c1OC.O=C(O)CC(O)(CC(=O)O)C(=O)O. The lowest BCUT2D eigenvalue weighted by Gasteiger charge is -2.24. The summed E-state index contributed by atoms with van der Waals surface area (Å²) in [5.41, 5.74) is -1.48. The molecule has 1 aliphatic heterocycles. The van der Waals surface area contributed by atoms with E-state index in [0.29, 0.717) is 29.4 Å². The van der Waals surface area contributed by atoms with Crippen molar-refractivity contribution in [3.05, 3.63) is 53.0 Å². The van der Waals surface area contributed by atoms with Gasteiger partial charge in [-0.25, -0.2) is 14.3 Å². The number of hydrogen-bond acceptors (Lipinski definition) is 9. The Hall–Kier alpha value is -4.44. The number of alkyl halides is 3. The molecule has 16 heteroatoms. The van der Waals surface area contributed by atoms with Gasteiger partial charge in [0, 0.05) is 23.9 Å². The molecule has 2 aromatic heterocycles. The maximum Gasteiger partial charge on any atom is 0.433 e. The van der Waals surface area contributed by atoms with Crippen LogP contribution in [0.25, 0.3) is 5.65 Å². The Morgan fingerprint density at radius 1 is 1.05 bits per heavy atom. The highest BCUT2D eigenvalue weighted by Gasteiger charge is 2.41. The average molecular weight is 613 g/mol. The van der Waals surface area contributed by atoms with Crippen LogP contribution in [0.3, 0.4) is 0 Å². The van der Waals surface area contributed by atoms with Crippen molar-refractivity contribution in [2.24, 2.45) is 0 Å². The van der Waals surface area contributed by atoms with Gasteiger partial charge in [-0.15, -0.1) is 0 Å². The van der Waals surface area contributed by atoms with Crippen molar-refractivity contribution in [2.45, 2.75) is 57.0 Å². The highest BCUT2D eigenvalue weighted by Crippen LogP contribution is 2.38. The second-order valence-corrected chi connectivity index (χ2v) is 9.88. The van der Waals surface area contributed by atoms with Crippen LogP contribution in [-0.2, 0) is 27.1 Å². The Morgan fingerprint density at radius 3 is 2.23 bits per heavy atom. The second kappa shape index (κ2) is 13.2. The van der Waals surface area contributed by atoms with Gasteiger partial charge in [-0.3, -0.25) is 14.5 Å². The standard InChI is InChI=1S/C21H23F3N4O2.C6H8O7/c1-13-10-18(21(22,23)24)28-19(25-13)11-15(26-28)16-7-5-9-27(16)12-14-6-4-8-17(29-2)20(14)30-3;7-3(8)1-6(13,5(11)12)2-4(9)10/h4,6,8,10-11,16H,5,7,9,12H2,1-3H3;13H,1-2H2,(H,7,8)(H,9,10)(H,11,12). The first kappa shape index (κ1) is 33.1. The molecular formula is C27H31F3N4O9. The van der Waals surface area contributed by atoms with Crippen LogP contribution in [0, 0.1) is 6.92 Å². The number of benzene rings is 1. The molecule has 234 valence electrons. The van der Waals surface area contributed by atoms with Gasteiger partial charge in [-0.05, 0) is 38.4 Å². The molecule has 3 aromatic rings. The minimum atomic E-state index is -4.50. The normalized spacial score (nSPS) is 15.6. The van der Waals surface area contributed by atoms with Crippen molar-refractivity contribution < 1.29 is 57.5 Å². The zero-order valence-electron chi connectivity index (χ0n) is 23.5. The van der Waals surface area contributed by atoms with E-state index in [9.17, 15) is 27.6 Å². The van der Waals surface area contributed by atoms with E-state index in [0.717, 1.165) is 35.5 Å². The number of ether oxygens (including phenoxy) is 2. The lowest BCUT2D eigenvalue weighted by Crippen LogP contribution is -2.42. The predicted molar refractivity (Wildman–Crippen MR) is 142 cm³/mol. The van der Waals surface area contributed by atoms with Gasteiger partial charge in [0.15, 0.2) is 22.7 Å². The molecule has 1 atom stereocenters. The van der Waals surface area contributed by atoms with Gasteiger partial charge >= 0.3 is 24.1 Å². The number of aromatic nitrogens is 3. The highest BCUT2D eigenvalue weighted by molar-refractivity contribution is 5.88. The topological polar surface area (TPSA) is 184 Å². The molecule has 0 amide bonds. The molecule has 4 N–H and O–H groups in total. The number of likely N-dealkylation sites (tertiary alicyclic amines) is 1. The van der Waals surface area contributed by atoms with E-state index in [2.05, 4.69) is 15.0 Å². The van der Waals surface area contributed by atoms with Gasteiger partial charge in [0.25, 0.3) is 0 Å². The summed E-state index contributed by atoms with van der Waals surface area (Å²) in [6.07, 6.45) is -5.04. The molecule has 0 saturated carbocycles. The van der Waals surface area contributed by atoms with Crippen LogP contribution in [0.2, 0.25) is 0 Å². The Balaban J connectivity index is 0.000000331. The number of rotatable bonds is 10. The van der Waals surface area contributed by atoms with Crippen LogP contribution in [0.4, 0.5) is 13.2 Å². The monoisotopic (exact) mass is 612 g/mol. The lowest BCUT2D eigenvalue weighted by molar-refractivity contribution is -0.170. The molecule has 1 unspecified atom stereocenters. The Labute approximate surface area is 243 Å². The summed E-state index contributed by atoms with van der Waals surface area (Å²) in [7, 11) is 3.18. The molecule has 0 aliphatic carbocycles. The van der Waals surface area contributed by atoms with E-state index < -0.39 is 48.2 Å². The number of carbonyl (C=O) groups is 3. The molecule has 1 aromatic carbocycles. The van der Waals surface area contributed by atoms with E-state index in [4.69, 9.17) is 29.9 Å². The van der Waals surface area contributed by atoms with Gasteiger partial charge in [-0.1, -0.05) is 12.1 Å². The van der Waals surface area contributed by atoms with Gasteiger partial charge in [0.2, 0.25) is 0 Å². The first-order valence-corrected chi connectivity index (χ1v) is 12.9. The third-order valence-corrected chi connectivity index (χ3v) is 6.71. The van der Waals surface area contributed by atoms with Crippen LogP contribution < -0.4 is 9.47 Å². The molecule has 0 radical (unpaired) electrons. The van der Waals surface area contributed by atoms with E-state index in [-0.39, 0.29) is 11.7 Å². The van der Waals surface area contributed by atoms with E-state index >= 15 is 0 Å². The number of nitrogens with zero attached hydrogens (tertiary/aromatic N) is 4. The molecule has 43 heavy (non-hydrogen) atoms. The molecular weight excluding hydrogens is 581 g/mol. The summed E-state index contributed by atoms with van der Waals surface area (Å²) in [5.74, 6) is -3.71. The number of aryl methyl sites for hydroxylation is 1. The largest absolute Gasteiger partial charge is 0.493 e. The summed E-state index contributed by atoms with van der Waals surface area (Å²) in [5, 5.41) is 38.1. The number of hydrogen-bond donors (Lipinski definition) is 4. The maximum atomic E-state index is 13.5. The molecule has 13 nitrogen and oxygen atoms in total. The quantitative estimate of drug-likeness (QED) is 0.263. The smallest absolute Gasteiger partial charge is 0.433 e. The molecule has 1 aliphatic rings. The number of carboxylic acid groups (broad SMARTS) is 3. The molecule has 4 rings (SSSR count). The summed E-state index contributed by atoms with van der Waals surface area (Å²) >= 11 is 0. The summed E-state index contributed by atoms with van der Waals surface area (Å²) in [6.45, 7) is 2.95. The zero-order chi connectivity index (χ0) is 32.1. The van der Waals surface area contributed by atoms with Crippen molar-refractivity contribution in [3.8, 4) is 11.5 Å². The van der Waals surface area contributed by atoms with Crippen LogP contribution in [0.15, 0.2) is 30.3 Å². The summed E-state index contributed by atoms with van der Waals surface area (Å²) < 4.78 is 52.2. The van der Waals surface area contributed by atoms with E-state index in [1.165, 1.54) is 0 Å². The summed E-state index contributed by atoms with van der Waals surface area (Å²) in [4.78, 5) is 36.9. The van der Waals surface area contributed by atoms with Crippen LogP contribution in [0.1, 0.15) is 54.4 Å². The van der Waals surface area contributed by atoms with Crippen molar-refractivity contribution in [1.82, 2.24) is 19.5 Å². The van der Waals surface area contributed by atoms with Crippen LogP contribution >= 0.6 is 0 Å². The van der Waals surface area contributed by atoms with Gasteiger partial charge in [0.05, 0.1) is 38.8 Å². The van der Waals surface area contributed by atoms with Crippen LogP contribution in [0.5, 0.6) is 11.5 Å². The van der Waals surface area contributed by atoms with Gasteiger partial charge < -0.3 is 29.9 Å². The summed E-state index contributed by atoms with van der Waals surface area (Å²) in [6, 6.07) is 8.29. The third-order valence-electron chi connectivity index (χ3n) is 6.71.